The Kier molecular flexibility index (Phi) is 8.98. The number of aliphatic carboxylic acids is 1. The van der Waals surface area contributed by atoms with E-state index >= 15 is 0 Å². The molecule has 1 unspecified atom stereocenters. The lowest BCUT2D eigenvalue weighted by Crippen LogP contribution is -2.24. The van der Waals surface area contributed by atoms with Crippen molar-refractivity contribution in [3.63, 3.8) is 0 Å². The van der Waals surface area contributed by atoms with Crippen molar-refractivity contribution >= 4 is 5.97 Å². The van der Waals surface area contributed by atoms with Crippen molar-refractivity contribution in [2.75, 3.05) is 20.3 Å². The molecule has 1 atom stereocenters. The van der Waals surface area contributed by atoms with Gasteiger partial charge in [-0.2, -0.15) is 13.2 Å². The summed E-state index contributed by atoms with van der Waals surface area (Å²) in [7, 11) is 1.60. The fraction of sp³-hybridized carbons (Fsp3) is 0.321. The molecule has 3 aromatic rings. The van der Waals surface area contributed by atoms with E-state index in [2.05, 4.69) is 5.32 Å². The van der Waals surface area contributed by atoms with E-state index < -0.39 is 17.7 Å². The average molecular weight is 502 g/mol. The largest absolute Gasteiger partial charge is 0.497 e. The maximum Gasteiger partial charge on any atom is 0.416 e. The molecular weight excluding hydrogens is 471 g/mol. The Morgan fingerprint density at radius 2 is 1.81 bits per heavy atom. The van der Waals surface area contributed by atoms with Gasteiger partial charge in [0.25, 0.3) is 0 Å². The highest BCUT2D eigenvalue weighted by Gasteiger charge is 2.31. The second-order valence-corrected chi connectivity index (χ2v) is 8.58. The number of carboxylic acids is 1. The van der Waals surface area contributed by atoms with Crippen LogP contribution >= 0.6 is 0 Å². The normalized spacial score (nSPS) is 12.3. The molecule has 3 aromatic carbocycles. The third-order valence-electron chi connectivity index (χ3n) is 5.94. The molecule has 0 bridgehead atoms. The Bertz CT molecular complexity index is 1190. The highest BCUT2D eigenvalue weighted by Crippen LogP contribution is 2.36. The number of methoxy groups -OCH3 is 1. The Hall–Kier alpha value is -3.52. The second-order valence-electron chi connectivity index (χ2n) is 8.58. The smallest absolute Gasteiger partial charge is 0.416 e. The van der Waals surface area contributed by atoms with Crippen molar-refractivity contribution in [3.8, 4) is 22.6 Å². The zero-order valence-corrected chi connectivity index (χ0v) is 20.5. The molecule has 0 aliphatic carbocycles. The van der Waals surface area contributed by atoms with E-state index in [1.165, 1.54) is 0 Å². The van der Waals surface area contributed by atoms with Gasteiger partial charge in [0.05, 0.1) is 12.7 Å². The van der Waals surface area contributed by atoms with E-state index in [4.69, 9.17) is 14.6 Å². The molecule has 192 valence electrons. The van der Waals surface area contributed by atoms with Gasteiger partial charge in [0, 0.05) is 19.0 Å². The van der Waals surface area contributed by atoms with Crippen molar-refractivity contribution in [1.82, 2.24) is 5.32 Å². The van der Waals surface area contributed by atoms with Gasteiger partial charge in [-0.05, 0) is 78.4 Å². The van der Waals surface area contributed by atoms with Gasteiger partial charge >= 0.3 is 12.1 Å². The summed E-state index contributed by atoms with van der Waals surface area (Å²) in [5.74, 6) is -0.0664. The molecule has 0 aliphatic heterocycles. The molecule has 8 heteroatoms. The molecule has 0 fully saturated rings. The predicted octanol–water partition coefficient (Wildman–Crippen LogP) is 6.44. The summed E-state index contributed by atoms with van der Waals surface area (Å²) in [4.78, 5) is 11.0. The summed E-state index contributed by atoms with van der Waals surface area (Å²) in [6.45, 7) is 4.43. The number of alkyl halides is 3. The maximum atomic E-state index is 13.6. The SMILES string of the molecule is COc1cccc(C(C)NCCOc2cc(-c3ccc(C)c(CCC(=O)O)c3)cc(C(F)(F)F)c2)c1. The Morgan fingerprint density at radius 1 is 1.03 bits per heavy atom. The van der Waals surface area contributed by atoms with Gasteiger partial charge in [-0.3, -0.25) is 4.79 Å². The van der Waals surface area contributed by atoms with Crippen molar-refractivity contribution in [3.05, 3.63) is 82.9 Å². The van der Waals surface area contributed by atoms with Crippen LogP contribution in [0.2, 0.25) is 0 Å². The lowest BCUT2D eigenvalue weighted by Gasteiger charge is -2.17. The van der Waals surface area contributed by atoms with Crippen LogP contribution in [0.5, 0.6) is 11.5 Å². The van der Waals surface area contributed by atoms with Crippen LogP contribution in [0.1, 0.15) is 41.6 Å². The number of benzene rings is 3. The van der Waals surface area contributed by atoms with Crippen LogP contribution in [0.25, 0.3) is 11.1 Å². The standard InChI is InChI=1S/C28H30F3NO4/c1-18-7-8-22(13-20(18)9-10-27(33)34)23-14-24(28(29,30)31)17-26(16-23)36-12-11-32-19(2)21-5-4-6-25(15-21)35-3/h4-8,13-17,19,32H,9-12H2,1-3H3,(H,33,34). The fourth-order valence-electron chi connectivity index (χ4n) is 3.85. The molecule has 0 spiro atoms. The number of carbonyl (C=O) groups is 1. The molecule has 0 saturated heterocycles. The van der Waals surface area contributed by atoms with Crippen LogP contribution in [0.4, 0.5) is 13.2 Å². The minimum absolute atomic E-state index is 0.00227. The zero-order valence-electron chi connectivity index (χ0n) is 20.5. The first-order valence-electron chi connectivity index (χ1n) is 11.6. The van der Waals surface area contributed by atoms with E-state index in [9.17, 15) is 18.0 Å². The predicted molar refractivity (Wildman–Crippen MR) is 132 cm³/mol. The summed E-state index contributed by atoms with van der Waals surface area (Å²) < 4.78 is 51.8. The lowest BCUT2D eigenvalue weighted by atomic mass is 9.96. The first-order valence-corrected chi connectivity index (χ1v) is 11.6. The van der Waals surface area contributed by atoms with Crippen molar-refractivity contribution in [2.45, 2.75) is 38.9 Å². The number of carboxylic acid groups (broad SMARTS) is 1. The average Bonchev–Trinajstić information content (AvgIpc) is 2.85. The van der Waals surface area contributed by atoms with Gasteiger partial charge in [0.1, 0.15) is 18.1 Å². The number of nitrogens with one attached hydrogen (secondary N) is 1. The van der Waals surface area contributed by atoms with E-state index in [0.717, 1.165) is 34.6 Å². The van der Waals surface area contributed by atoms with Gasteiger partial charge in [-0.25, -0.2) is 0 Å². The summed E-state index contributed by atoms with van der Waals surface area (Å²) >= 11 is 0. The van der Waals surface area contributed by atoms with Crippen LogP contribution in [0.15, 0.2) is 60.7 Å². The molecular formula is C28H30F3NO4. The quantitative estimate of drug-likeness (QED) is 0.296. The van der Waals surface area contributed by atoms with E-state index in [-0.39, 0.29) is 24.8 Å². The highest BCUT2D eigenvalue weighted by molar-refractivity contribution is 5.69. The lowest BCUT2D eigenvalue weighted by molar-refractivity contribution is -0.138. The topological polar surface area (TPSA) is 67.8 Å². The number of halogens is 3. The van der Waals surface area contributed by atoms with Gasteiger partial charge < -0.3 is 19.9 Å². The number of hydrogen-bond acceptors (Lipinski definition) is 4. The first-order chi connectivity index (χ1) is 17.1. The van der Waals surface area contributed by atoms with E-state index in [1.807, 2.05) is 38.1 Å². The second kappa shape index (κ2) is 11.9. The number of hydrogen-bond donors (Lipinski definition) is 2. The summed E-state index contributed by atoms with van der Waals surface area (Å²) in [6, 6.07) is 16.6. The maximum absolute atomic E-state index is 13.6. The van der Waals surface area contributed by atoms with Crippen LogP contribution in [-0.4, -0.2) is 31.3 Å². The molecule has 0 saturated carbocycles. The fourth-order valence-corrected chi connectivity index (χ4v) is 3.85. The number of rotatable bonds is 11. The molecule has 5 nitrogen and oxygen atoms in total. The minimum atomic E-state index is -4.54. The third kappa shape index (κ3) is 7.49. The molecule has 3 rings (SSSR count). The zero-order chi connectivity index (χ0) is 26.3. The molecule has 0 aliphatic rings. The van der Waals surface area contributed by atoms with Gasteiger partial charge in [0.15, 0.2) is 0 Å². The van der Waals surface area contributed by atoms with E-state index in [0.29, 0.717) is 24.1 Å². The molecule has 2 N–H and O–H groups in total. The summed E-state index contributed by atoms with van der Waals surface area (Å²) in [6.07, 6.45) is -4.29. The molecule has 36 heavy (non-hydrogen) atoms. The highest BCUT2D eigenvalue weighted by atomic mass is 19.4. The van der Waals surface area contributed by atoms with Crippen molar-refractivity contribution < 1.29 is 32.5 Å². The van der Waals surface area contributed by atoms with Gasteiger partial charge in [0.2, 0.25) is 0 Å². The number of ether oxygens (including phenoxy) is 2. The Labute approximate surface area is 208 Å². The third-order valence-corrected chi connectivity index (χ3v) is 5.94. The van der Waals surface area contributed by atoms with Gasteiger partial charge in [-0.1, -0.05) is 30.3 Å². The molecule has 0 aromatic heterocycles. The van der Waals surface area contributed by atoms with Crippen molar-refractivity contribution in [1.29, 1.82) is 0 Å². The molecule has 0 amide bonds. The summed E-state index contributed by atoms with van der Waals surface area (Å²) in [5, 5.41) is 12.3. The monoisotopic (exact) mass is 501 g/mol. The first kappa shape index (κ1) is 27.1. The van der Waals surface area contributed by atoms with E-state index in [1.54, 1.807) is 31.4 Å². The summed E-state index contributed by atoms with van der Waals surface area (Å²) in [5.41, 5.74) is 2.81. The van der Waals surface area contributed by atoms with Crippen LogP contribution in [0.3, 0.4) is 0 Å². The van der Waals surface area contributed by atoms with Crippen LogP contribution in [-0.2, 0) is 17.4 Å². The van der Waals surface area contributed by atoms with Crippen LogP contribution < -0.4 is 14.8 Å². The molecule has 0 radical (unpaired) electrons. The van der Waals surface area contributed by atoms with Crippen LogP contribution in [0, 0.1) is 6.92 Å². The number of aryl methyl sites for hydroxylation is 2. The Balaban J connectivity index is 1.74. The molecule has 0 heterocycles. The Morgan fingerprint density at radius 3 is 2.50 bits per heavy atom. The van der Waals surface area contributed by atoms with Gasteiger partial charge in [-0.15, -0.1) is 0 Å². The van der Waals surface area contributed by atoms with Crippen molar-refractivity contribution in [2.24, 2.45) is 0 Å². The minimum Gasteiger partial charge on any atom is -0.497 e.